The molecule has 2 N–H and O–H groups in total. The number of aliphatic hydroxyl groups is 1. The van der Waals surface area contributed by atoms with Gasteiger partial charge in [-0.15, -0.1) is 0 Å². The molecule has 2 unspecified atom stereocenters. The average molecular weight is 425 g/mol. The first kappa shape index (κ1) is 26.9. The number of aliphatic carboxylic acids is 1. The lowest BCUT2D eigenvalue weighted by atomic mass is 9.91. The van der Waals surface area contributed by atoms with Crippen molar-refractivity contribution in [3.8, 4) is 0 Å². The minimum absolute atomic E-state index is 0.0603. The van der Waals surface area contributed by atoms with E-state index in [0.717, 1.165) is 32.4 Å². The van der Waals surface area contributed by atoms with Gasteiger partial charge in [0.2, 0.25) is 0 Å². The van der Waals surface area contributed by atoms with E-state index in [-0.39, 0.29) is 12.3 Å². The maximum absolute atomic E-state index is 11.2. The number of rotatable bonds is 21. The fraction of sp³-hybridized carbons (Fsp3) is 0.920. The Morgan fingerprint density at radius 3 is 1.83 bits per heavy atom. The van der Waals surface area contributed by atoms with Crippen molar-refractivity contribution in [1.82, 2.24) is 4.90 Å². The molecule has 0 saturated carbocycles. The zero-order valence-corrected chi connectivity index (χ0v) is 19.6. The fourth-order valence-electron chi connectivity index (χ4n) is 4.38. The second-order valence-electron chi connectivity index (χ2n) is 9.18. The molecule has 0 aromatic rings. The number of nitrogens with zero attached hydrogens (tertiary/aromatic N) is 2. The van der Waals surface area contributed by atoms with Crippen molar-refractivity contribution >= 4 is 12.3 Å². The second-order valence-corrected chi connectivity index (χ2v) is 9.18. The van der Waals surface area contributed by atoms with Crippen molar-refractivity contribution in [2.24, 2.45) is 10.9 Å². The summed E-state index contributed by atoms with van der Waals surface area (Å²) >= 11 is 0. The number of aliphatic imine (C=N–C) groups is 1. The predicted octanol–water partition coefficient (Wildman–Crippen LogP) is 6.04. The molecule has 0 radical (unpaired) electrons. The van der Waals surface area contributed by atoms with Crippen LogP contribution in [0.15, 0.2) is 4.99 Å². The topological polar surface area (TPSA) is 73.1 Å². The van der Waals surface area contributed by atoms with E-state index in [1.54, 1.807) is 6.34 Å². The molecule has 1 aliphatic rings. The molecule has 0 saturated heterocycles. The molecule has 0 aromatic carbocycles. The summed E-state index contributed by atoms with van der Waals surface area (Å²) in [5, 5.41) is 19.6. The molecule has 0 aliphatic carbocycles. The summed E-state index contributed by atoms with van der Waals surface area (Å²) < 4.78 is 0. The normalized spacial score (nSPS) is 15.6. The maximum atomic E-state index is 11.2. The van der Waals surface area contributed by atoms with Crippen LogP contribution in [-0.2, 0) is 4.79 Å². The fourth-order valence-corrected chi connectivity index (χ4v) is 4.38. The molecular weight excluding hydrogens is 376 g/mol. The third-order valence-corrected chi connectivity index (χ3v) is 6.34. The van der Waals surface area contributed by atoms with Gasteiger partial charge in [0.25, 0.3) is 0 Å². The van der Waals surface area contributed by atoms with E-state index in [4.69, 9.17) is 5.11 Å². The van der Waals surface area contributed by atoms with Gasteiger partial charge in [0, 0.05) is 13.1 Å². The van der Waals surface area contributed by atoms with Crippen LogP contribution in [0.4, 0.5) is 0 Å². The first-order chi connectivity index (χ1) is 14.6. The number of unbranched alkanes of at least 4 members (excludes halogenated alkanes) is 14. The van der Waals surface area contributed by atoms with Crippen LogP contribution >= 0.6 is 0 Å². The molecule has 1 heterocycles. The molecule has 2 atom stereocenters. The molecule has 0 fully saturated rings. The highest BCUT2D eigenvalue weighted by molar-refractivity contribution is 5.67. The van der Waals surface area contributed by atoms with Gasteiger partial charge in [-0.2, -0.15) is 0 Å². The summed E-state index contributed by atoms with van der Waals surface area (Å²) in [6, 6.07) is 0. The van der Waals surface area contributed by atoms with Gasteiger partial charge >= 0.3 is 5.97 Å². The van der Waals surface area contributed by atoms with Gasteiger partial charge in [0.1, 0.15) is 0 Å². The standard InChI is InChI=1S/C25H48N2O3/c1-2-3-4-5-6-7-8-9-10-11-12-13-14-15-16-17-23(20-25(29)30)24(28)21-27-19-18-26-22-27/h22-24,28H,2-21H2,1H3,(H,29,30). The zero-order chi connectivity index (χ0) is 21.9. The third kappa shape index (κ3) is 14.8. The second kappa shape index (κ2) is 18.7. The van der Waals surface area contributed by atoms with E-state index in [1.807, 2.05) is 4.90 Å². The van der Waals surface area contributed by atoms with Crippen molar-refractivity contribution in [1.29, 1.82) is 0 Å². The molecule has 176 valence electrons. The highest BCUT2D eigenvalue weighted by atomic mass is 16.4. The Morgan fingerprint density at radius 2 is 1.40 bits per heavy atom. The molecular formula is C25H48N2O3. The molecule has 1 rings (SSSR count). The summed E-state index contributed by atoms with van der Waals surface area (Å²) in [5.74, 6) is -0.964. The number of carboxylic acids is 1. The van der Waals surface area contributed by atoms with Crippen molar-refractivity contribution < 1.29 is 15.0 Å². The molecule has 0 bridgehead atoms. The molecule has 5 heteroatoms. The quantitative estimate of drug-likeness (QED) is 0.220. The van der Waals surface area contributed by atoms with E-state index >= 15 is 0 Å². The lowest BCUT2D eigenvalue weighted by Gasteiger charge is -2.25. The Kier molecular flexibility index (Phi) is 16.7. The first-order valence-corrected chi connectivity index (χ1v) is 12.8. The van der Waals surface area contributed by atoms with Crippen LogP contribution in [0.3, 0.4) is 0 Å². The highest BCUT2D eigenvalue weighted by Gasteiger charge is 2.24. The Morgan fingerprint density at radius 1 is 0.900 bits per heavy atom. The summed E-state index contributed by atoms with van der Waals surface area (Å²) in [7, 11) is 0. The molecule has 5 nitrogen and oxygen atoms in total. The van der Waals surface area contributed by atoms with Crippen LogP contribution in [0.5, 0.6) is 0 Å². The van der Waals surface area contributed by atoms with Gasteiger partial charge in [-0.1, -0.05) is 103 Å². The summed E-state index contributed by atoms with van der Waals surface area (Å²) in [4.78, 5) is 17.3. The average Bonchev–Trinajstić information content (AvgIpc) is 3.22. The number of hydrogen-bond acceptors (Lipinski definition) is 4. The largest absolute Gasteiger partial charge is 0.481 e. The van der Waals surface area contributed by atoms with E-state index < -0.39 is 12.1 Å². The summed E-state index contributed by atoms with van der Waals surface area (Å²) in [5.41, 5.74) is 0. The smallest absolute Gasteiger partial charge is 0.303 e. The molecule has 1 aliphatic heterocycles. The minimum atomic E-state index is -0.810. The van der Waals surface area contributed by atoms with Crippen LogP contribution in [-0.4, -0.2) is 53.2 Å². The number of hydrogen-bond donors (Lipinski definition) is 2. The van der Waals surface area contributed by atoms with Gasteiger partial charge < -0.3 is 15.1 Å². The zero-order valence-electron chi connectivity index (χ0n) is 19.6. The van der Waals surface area contributed by atoms with Crippen molar-refractivity contribution in [2.75, 3.05) is 19.6 Å². The van der Waals surface area contributed by atoms with Crippen LogP contribution in [0.25, 0.3) is 0 Å². The number of aliphatic hydroxyl groups excluding tert-OH is 1. The Balaban J connectivity index is 1.96. The summed E-state index contributed by atoms with van der Waals surface area (Å²) in [6.07, 6.45) is 22.0. The Labute approximate surface area is 185 Å². The van der Waals surface area contributed by atoms with E-state index in [0.29, 0.717) is 6.54 Å². The lowest BCUT2D eigenvalue weighted by molar-refractivity contribution is -0.139. The SMILES string of the molecule is CCCCCCCCCCCCCCCCCC(CC(=O)O)C(O)CN1C=NCC1. The molecule has 30 heavy (non-hydrogen) atoms. The third-order valence-electron chi connectivity index (χ3n) is 6.34. The first-order valence-electron chi connectivity index (χ1n) is 12.8. The minimum Gasteiger partial charge on any atom is -0.481 e. The number of β-amino-alcohol motifs (C(OH)–C–C–N with tert-alkyl or cyclic N) is 1. The van der Waals surface area contributed by atoms with E-state index in [2.05, 4.69) is 11.9 Å². The summed E-state index contributed by atoms with van der Waals surface area (Å²) in [6.45, 7) is 4.37. The number of carbonyl (C=O) groups is 1. The van der Waals surface area contributed by atoms with E-state index in [1.165, 1.54) is 83.5 Å². The van der Waals surface area contributed by atoms with Crippen LogP contribution in [0.2, 0.25) is 0 Å². The van der Waals surface area contributed by atoms with Crippen molar-refractivity contribution in [3.05, 3.63) is 0 Å². The van der Waals surface area contributed by atoms with Gasteiger partial charge in [0.15, 0.2) is 0 Å². The molecule has 0 aromatic heterocycles. The Hall–Kier alpha value is -1.10. The maximum Gasteiger partial charge on any atom is 0.303 e. The van der Waals surface area contributed by atoms with Gasteiger partial charge in [-0.05, 0) is 12.3 Å². The van der Waals surface area contributed by atoms with Crippen LogP contribution in [0, 0.1) is 5.92 Å². The van der Waals surface area contributed by atoms with Crippen molar-refractivity contribution in [3.63, 3.8) is 0 Å². The van der Waals surface area contributed by atoms with Crippen LogP contribution in [0.1, 0.15) is 116 Å². The lowest BCUT2D eigenvalue weighted by Crippen LogP contribution is -2.36. The monoisotopic (exact) mass is 424 g/mol. The van der Waals surface area contributed by atoms with Gasteiger partial charge in [-0.3, -0.25) is 9.79 Å². The van der Waals surface area contributed by atoms with Gasteiger partial charge in [0.05, 0.1) is 25.4 Å². The van der Waals surface area contributed by atoms with Crippen molar-refractivity contribution in [2.45, 2.75) is 122 Å². The highest BCUT2D eigenvalue weighted by Crippen LogP contribution is 2.20. The van der Waals surface area contributed by atoms with E-state index in [9.17, 15) is 9.90 Å². The number of carboxylic acid groups (broad SMARTS) is 1. The molecule has 0 amide bonds. The van der Waals surface area contributed by atoms with Crippen LogP contribution < -0.4 is 0 Å². The van der Waals surface area contributed by atoms with Gasteiger partial charge in [-0.25, -0.2) is 0 Å². The molecule has 0 spiro atoms. The Bertz CT molecular complexity index is 442. The predicted molar refractivity (Wildman–Crippen MR) is 126 cm³/mol.